The van der Waals surface area contributed by atoms with Crippen molar-refractivity contribution in [2.75, 3.05) is 26.3 Å². The molecule has 0 spiro atoms. The van der Waals surface area contributed by atoms with Crippen LogP contribution in [-0.2, 0) is 13.0 Å². The van der Waals surface area contributed by atoms with Gasteiger partial charge in [-0.1, -0.05) is 18.2 Å². The highest BCUT2D eigenvalue weighted by molar-refractivity contribution is 5.78. The molecule has 3 N–H and O–H groups in total. The summed E-state index contributed by atoms with van der Waals surface area (Å²) >= 11 is 0. The van der Waals surface area contributed by atoms with Crippen molar-refractivity contribution in [1.82, 2.24) is 15.1 Å². The highest BCUT2D eigenvalue weighted by Gasteiger charge is 2.20. The van der Waals surface area contributed by atoms with Crippen LogP contribution in [-0.4, -0.2) is 57.7 Å². The van der Waals surface area contributed by atoms with Gasteiger partial charge in [0.05, 0.1) is 18.3 Å². The molecule has 2 heterocycles. The van der Waals surface area contributed by atoms with E-state index in [4.69, 9.17) is 9.84 Å². The number of aliphatic hydroxyl groups excluding tert-OH is 2. The summed E-state index contributed by atoms with van der Waals surface area (Å²) in [5, 5.41) is 26.7. The normalized spacial score (nSPS) is 18.8. The van der Waals surface area contributed by atoms with Gasteiger partial charge in [-0.25, -0.2) is 0 Å². The molecule has 1 fully saturated rings. The predicted molar refractivity (Wildman–Crippen MR) is 113 cm³/mol. The van der Waals surface area contributed by atoms with Gasteiger partial charge in [-0.2, -0.15) is 5.10 Å². The van der Waals surface area contributed by atoms with Crippen LogP contribution >= 0.6 is 0 Å². The van der Waals surface area contributed by atoms with Gasteiger partial charge in [0.25, 0.3) is 0 Å². The summed E-state index contributed by atoms with van der Waals surface area (Å²) in [5.41, 5.74) is 3.68. The molecule has 1 aromatic heterocycles. The first-order chi connectivity index (χ1) is 14.2. The predicted octanol–water partition coefficient (Wildman–Crippen LogP) is 2.75. The summed E-state index contributed by atoms with van der Waals surface area (Å²) < 4.78 is 5.58. The average molecular weight is 396 g/mol. The third-order valence-corrected chi connectivity index (χ3v) is 5.59. The molecule has 1 aliphatic rings. The van der Waals surface area contributed by atoms with Crippen molar-refractivity contribution in [2.45, 2.75) is 31.9 Å². The zero-order valence-corrected chi connectivity index (χ0v) is 16.6. The molecule has 0 amide bonds. The van der Waals surface area contributed by atoms with Gasteiger partial charge in [-0.3, -0.25) is 10.00 Å². The van der Waals surface area contributed by atoms with Crippen LogP contribution < -0.4 is 4.74 Å². The first-order valence-electron chi connectivity index (χ1n) is 10.3. The second kappa shape index (κ2) is 9.39. The number of rotatable bonds is 8. The van der Waals surface area contributed by atoms with Crippen LogP contribution in [0, 0.1) is 5.92 Å². The Bertz CT molecular complexity index is 926. The van der Waals surface area contributed by atoms with Crippen molar-refractivity contribution >= 4 is 10.9 Å². The molecule has 154 valence electrons. The molecule has 29 heavy (non-hydrogen) atoms. The Kier molecular flexibility index (Phi) is 6.44. The lowest BCUT2D eigenvalue weighted by atomic mass is 9.90. The Morgan fingerprint density at radius 3 is 3.03 bits per heavy atom. The van der Waals surface area contributed by atoms with E-state index in [-0.39, 0.29) is 13.2 Å². The topological polar surface area (TPSA) is 81.6 Å². The van der Waals surface area contributed by atoms with Gasteiger partial charge in [0.2, 0.25) is 0 Å². The first kappa shape index (κ1) is 19.9. The largest absolute Gasteiger partial charge is 0.491 e. The second-order valence-corrected chi connectivity index (χ2v) is 8.03. The fourth-order valence-electron chi connectivity index (χ4n) is 4.15. The van der Waals surface area contributed by atoms with Gasteiger partial charge >= 0.3 is 0 Å². The third kappa shape index (κ3) is 5.35. The molecule has 0 radical (unpaired) electrons. The number of aromatic nitrogens is 2. The van der Waals surface area contributed by atoms with E-state index >= 15 is 0 Å². The van der Waals surface area contributed by atoms with Gasteiger partial charge < -0.3 is 14.9 Å². The summed E-state index contributed by atoms with van der Waals surface area (Å²) in [7, 11) is 0. The van der Waals surface area contributed by atoms with Gasteiger partial charge in [0.1, 0.15) is 18.5 Å². The Labute approximate surface area is 171 Å². The number of aliphatic hydroxyl groups is 2. The molecule has 6 nitrogen and oxygen atoms in total. The fraction of sp³-hybridized carbons (Fsp3) is 0.435. The lowest BCUT2D eigenvalue weighted by Gasteiger charge is -2.33. The summed E-state index contributed by atoms with van der Waals surface area (Å²) in [6.07, 6.45) is 4.63. The number of nitrogens with one attached hydrogen (secondary N) is 1. The van der Waals surface area contributed by atoms with Gasteiger partial charge in [0, 0.05) is 18.5 Å². The number of hydrogen-bond donors (Lipinski definition) is 3. The highest BCUT2D eigenvalue weighted by atomic mass is 16.5. The minimum absolute atomic E-state index is 0.104. The lowest BCUT2D eigenvalue weighted by molar-refractivity contribution is 0.0535. The van der Waals surface area contributed by atoms with Crippen molar-refractivity contribution in [3.05, 3.63) is 59.8 Å². The molecule has 0 aliphatic carbocycles. The summed E-state index contributed by atoms with van der Waals surface area (Å²) in [5.74, 6) is 1.39. The molecular formula is C23H29N3O3. The smallest absolute Gasteiger partial charge is 0.119 e. The van der Waals surface area contributed by atoms with Gasteiger partial charge in [-0.05, 0) is 67.1 Å². The molecule has 2 aromatic carbocycles. The Morgan fingerprint density at radius 2 is 2.14 bits per heavy atom. The van der Waals surface area contributed by atoms with E-state index in [1.54, 1.807) is 0 Å². The van der Waals surface area contributed by atoms with Crippen LogP contribution in [0.2, 0.25) is 0 Å². The van der Waals surface area contributed by atoms with Gasteiger partial charge in [0.15, 0.2) is 0 Å². The molecule has 3 aromatic rings. The van der Waals surface area contributed by atoms with Crippen molar-refractivity contribution in [3.8, 4) is 5.75 Å². The van der Waals surface area contributed by atoms with E-state index in [2.05, 4.69) is 39.4 Å². The fourth-order valence-corrected chi connectivity index (χ4v) is 4.15. The molecular weight excluding hydrogens is 366 g/mol. The molecule has 1 unspecified atom stereocenters. The Morgan fingerprint density at radius 1 is 1.21 bits per heavy atom. The first-order valence-corrected chi connectivity index (χ1v) is 10.3. The van der Waals surface area contributed by atoms with E-state index in [0.717, 1.165) is 37.3 Å². The molecule has 4 rings (SSSR count). The van der Waals surface area contributed by atoms with Crippen LogP contribution in [0.5, 0.6) is 5.75 Å². The number of aromatic amines is 1. The van der Waals surface area contributed by atoms with Crippen LogP contribution in [0.25, 0.3) is 10.9 Å². The number of ether oxygens (including phenoxy) is 1. The lowest BCUT2D eigenvalue weighted by Crippen LogP contribution is -2.35. The zero-order valence-electron chi connectivity index (χ0n) is 16.6. The number of benzene rings is 2. The minimum Gasteiger partial charge on any atom is -0.491 e. The molecule has 0 bridgehead atoms. The van der Waals surface area contributed by atoms with Crippen LogP contribution in [0.3, 0.4) is 0 Å². The number of piperidine rings is 1. The second-order valence-electron chi connectivity index (χ2n) is 8.03. The number of H-pyrrole nitrogens is 1. The van der Waals surface area contributed by atoms with E-state index in [9.17, 15) is 5.11 Å². The number of nitrogens with zero attached hydrogens (tertiary/aromatic N) is 2. The maximum absolute atomic E-state index is 9.46. The van der Waals surface area contributed by atoms with Gasteiger partial charge in [-0.15, -0.1) is 0 Å². The molecule has 6 heteroatoms. The highest BCUT2D eigenvalue weighted by Crippen LogP contribution is 2.24. The van der Waals surface area contributed by atoms with Crippen molar-refractivity contribution in [2.24, 2.45) is 5.92 Å². The maximum Gasteiger partial charge on any atom is 0.119 e. The zero-order chi connectivity index (χ0) is 20.1. The molecule has 2 atom stereocenters. The third-order valence-electron chi connectivity index (χ3n) is 5.59. The monoisotopic (exact) mass is 395 g/mol. The van der Waals surface area contributed by atoms with Crippen LogP contribution in [0.4, 0.5) is 0 Å². The minimum atomic E-state index is -0.845. The van der Waals surface area contributed by atoms with Crippen molar-refractivity contribution in [1.29, 1.82) is 0 Å². The molecule has 1 saturated heterocycles. The number of hydrogen-bond acceptors (Lipinski definition) is 5. The summed E-state index contributed by atoms with van der Waals surface area (Å²) in [4.78, 5) is 2.52. The Hall–Kier alpha value is -2.41. The summed E-state index contributed by atoms with van der Waals surface area (Å²) in [6, 6.07) is 14.6. The van der Waals surface area contributed by atoms with Crippen molar-refractivity contribution in [3.63, 3.8) is 0 Å². The van der Waals surface area contributed by atoms with Crippen molar-refractivity contribution < 1.29 is 14.9 Å². The van der Waals surface area contributed by atoms with E-state index in [1.165, 1.54) is 29.4 Å². The molecule has 0 saturated carbocycles. The van der Waals surface area contributed by atoms with Crippen LogP contribution in [0.1, 0.15) is 24.0 Å². The quantitative estimate of drug-likeness (QED) is 0.546. The SMILES string of the molecule is OC[C@H](O)COc1cccc(CN2CCCC(Cc3ccc4[nH]ncc4c3)C2)c1. The van der Waals surface area contributed by atoms with E-state index in [1.807, 2.05) is 24.4 Å². The molecule has 1 aliphatic heterocycles. The Balaban J connectivity index is 1.33. The number of likely N-dealkylation sites (tertiary alicyclic amines) is 1. The van der Waals surface area contributed by atoms with Crippen LogP contribution in [0.15, 0.2) is 48.7 Å². The van der Waals surface area contributed by atoms with E-state index in [0.29, 0.717) is 5.92 Å². The standard InChI is InChI=1S/C23H29N3O3/c27-15-21(28)16-29-22-5-1-3-19(11-22)14-26-8-2-4-18(13-26)9-17-6-7-23-20(10-17)12-24-25-23/h1,3,5-7,10-12,18,21,27-28H,2,4,8-9,13-16H2,(H,24,25)/t18?,21-/m0/s1. The number of fused-ring (bicyclic) bond motifs is 1. The average Bonchev–Trinajstić information content (AvgIpc) is 3.20. The maximum atomic E-state index is 9.46. The van der Waals surface area contributed by atoms with E-state index < -0.39 is 6.10 Å². The summed E-state index contributed by atoms with van der Waals surface area (Å²) in [6.45, 7) is 2.93.